The maximum Gasteiger partial charge on any atom is 0.112 e. The van der Waals surface area contributed by atoms with Crippen molar-refractivity contribution in [2.75, 3.05) is 0 Å². The van der Waals surface area contributed by atoms with Crippen molar-refractivity contribution < 1.29 is 0 Å². The van der Waals surface area contributed by atoms with Gasteiger partial charge in [-0.25, -0.2) is 4.98 Å². The third-order valence-electron chi connectivity index (χ3n) is 4.74. The maximum absolute atomic E-state index is 4.72. The first-order valence-corrected chi connectivity index (χ1v) is 5.90. The van der Waals surface area contributed by atoms with Gasteiger partial charge in [0.15, 0.2) is 0 Å². The van der Waals surface area contributed by atoms with E-state index in [1.54, 1.807) is 0 Å². The molecule has 4 rings (SSSR count). The number of aromatic nitrogens is 2. The number of hydrogen-bond donors (Lipinski definition) is 0. The van der Waals surface area contributed by atoms with Crippen LogP contribution in [0.4, 0.5) is 0 Å². The first kappa shape index (κ1) is 7.49. The third kappa shape index (κ3) is 0.688. The van der Waals surface area contributed by atoms with Gasteiger partial charge in [0.05, 0.1) is 5.69 Å². The van der Waals surface area contributed by atoms with Crippen molar-refractivity contribution >= 4 is 0 Å². The molecule has 14 heavy (non-hydrogen) atoms. The smallest absolute Gasteiger partial charge is 0.112 e. The van der Waals surface area contributed by atoms with Crippen molar-refractivity contribution in [3.8, 4) is 0 Å². The minimum absolute atomic E-state index is 0.824. The van der Waals surface area contributed by atoms with Gasteiger partial charge in [0.2, 0.25) is 0 Å². The summed E-state index contributed by atoms with van der Waals surface area (Å²) in [6.45, 7) is 2.13. The Hall–Kier alpha value is -0.790. The molecule has 1 aromatic rings. The van der Waals surface area contributed by atoms with Crippen LogP contribution in [0.25, 0.3) is 0 Å². The molecule has 0 amide bonds. The van der Waals surface area contributed by atoms with Crippen molar-refractivity contribution in [3.63, 3.8) is 0 Å². The van der Waals surface area contributed by atoms with E-state index >= 15 is 0 Å². The van der Waals surface area contributed by atoms with Crippen molar-refractivity contribution in [2.24, 2.45) is 11.8 Å². The molecule has 4 atom stereocenters. The Morgan fingerprint density at radius 1 is 1.21 bits per heavy atom. The first-order valence-electron chi connectivity index (χ1n) is 5.90. The highest BCUT2D eigenvalue weighted by atomic mass is 15.1. The van der Waals surface area contributed by atoms with E-state index in [0.29, 0.717) is 0 Å². The summed E-state index contributed by atoms with van der Waals surface area (Å²) in [5.41, 5.74) is 1.22. The van der Waals surface area contributed by atoms with Crippen LogP contribution in [-0.4, -0.2) is 9.55 Å². The van der Waals surface area contributed by atoms with E-state index in [2.05, 4.69) is 17.7 Å². The molecule has 2 aliphatic carbocycles. The quantitative estimate of drug-likeness (QED) is 0.612. The van der Waals surface area contributed by atoms with Crippen LogP contribution in [0.15, 0.2) is 6.20 Å². The fraction of sp³-hybridized carbons (Fsp3) is 0.750. The van der Waals surface area contributed by atoms with Gasteiger partial charge in [0, 0.05) is 18.2 Å². The molecule has 1 aliphatic heterocycles. The number of fused-ring (bicyclic) bond motifs is 6. The van der Waals surface area contributed by atoms with E-state index in [0.717, 1.165) is 23.8 Å². The molecule has 0 N–H and O–H groups in total. The van der Waals surface area contributed by atoms with E-state index in [9.17, 15) is 0 Å². The standard InChI is InChI=1S/C12H16N2/c1-7-6-14-11-5-4-9(11)8-2-3-10(8)12(14)13-7/h6,8-11H,2-5H2,1H3/t8?,9?,10-,11-/m0/s1. The zero-order chi connectivity index (χ0) is 9.28. The van der Waals surface area contributed by atoms with Crippen LogP contribution in [0.2, 0.25) is 0 Å². The van der Waals surface area contributed by atoms with Gasteiger partial charge in [0.1, 0.15) is 5.82 Å². The zero-order valence-corrected chi connectivity index (χ0v) is 8.61. The Morgan fingerprint density at radius 2 is 2.07 bits per heavy atom. The minimum atomic E-state index is 0.824. The number of aryl methyl sites for hydroxylation is 1. The van der Waals surface area contributed by atoms with Crippen molar-refractivity contribution in [2.45, 2.75) is 44.6 Å². The lowest BCUT2D eigenvalue weighted by atomic mass is 9.56. The van der Waals surface area contributed by atoms with Gasteiger partial charge in [-0.2, -0.15) is 0 Å². The van der Waals surface area contributed by atoms with E-state index in [1.807, 2.05) is 0 Å². The van der Waals surface area contributed by atoms with E-state index < -0.39 is 0 Å². The van der Waals surface area contributed by atoms with Crippen LogP contribution in [0, 0.1) is 18.8 Å². The molecule has 2 unspecified atom stereocenters. The van der Waals surface area contributed by atoms with Gasteiger partial charge in [-0.05, 0) is 44.4 Å². The average molecular weight is 188 g/mol. The van der Waals surface area contributed by atoms with Crippen LogP contribution in [0.5, 0.6) is 0 Å². The molecule has 3 aliphatic rings. The van der Waals surface area contributed by atoms with Crippen molar-refractivity contribution in [1.82, 2.24) is 9.55 Å². The van der Waals surface area contributed by atoms with Gasteiger partial charge >= 0.3 is 0 Å². The Bertz CT molecular complexity index is 358. The molecular formula is C12H16N2. The minimum Gasteiger partial charge on any atom is -0.331 e. The highest BCUT2D eigenvalue weighted by molar-refractivity contribution is 5.20. The normalized spacial score (nSPS) is 42.9. The Morgan fingerprint density at radius 3 is 2.71 bits per heavy atom. The molecule has 0 spiro atoms. The molecule has 2 fully saturated rings. The fourth-order valence-corrected chi connectivity index (χ4v) is 3.79. The second kappa shape index (κ2) is 2.23. The topological polar surface area (TPSA) is 17.8 Å². The summed E-state index contributed by atoms with van der Waals surface area (Å²) in [6.07, 6.45) is 8.02. The lowest BCUT2D eigenvalue weighted by Gasteiger charge is -2.54. The summed E-state index contributed by atoms with van der Waals surface area (Å²) >= 11 is 0. The predicted octanol–water partition coefficient (Wildman–Crippen LogP) is 2.65. The lowest BCUT2D eigenvalue weighted by Crippen LogP contribution is -2.47. The largest absolute Gasteiger partial charge is 0.331 e. The number of imidazole rings is 1. The van der Waals surface area contributed by atoms with Crippen LogP contribution in [-0.2, 0) is 0 Å². The fourth-order valence-electron chi connectivity index (χ4n) is 3.79. The highest BCUT2D eigenvalue weighted by Gasteiger charge is 2.51. The van der Waals surface area contributed by atoms with E-state index in [1.165, 1.54) is 37.2 Å². The second-order valence-corrected chi connectivity index (χ2v) is 5.30. The third-order valence-corrected chi connectivity index (χ3v) is 4.74. The molecular weight excluding hydrogens is 172 g/mol. The molecule has 74 valence electrons. The molecule has 0 bridgehead atoms. The molecule has 2 heterocycles. The van der Waals surface area contributed by atoms with E-state index in [4.69, 9.17) is 4.98 Å². The Balaban J connectivity index is 1.88. The predicted molar refractivity (Wildman–Crippen MR) is 54.2 cm³/mol. The summed E-state index contributed by atoms with van der Waals surface area (Å²) < 4.78 is 2.50. The summed E-state index contributed by atoms with van der Waals surface area (Å²) in [7, 11) is 0. The molecule has 1 aromatic heterocycles. The zero-order valence-electron chi connectivity index (χ0n) is 8.61. The van der Waals surface area contributed by atoms with Crippen LogP contribution < -0.4 is 0 Å². The van der Waals surface area contributed by atoms with Gasteiger partial charge in [-0.3, -0.25) is 0 Å². The van der Waals surface area contributed by atoms with Crippen molar-refractivity contribution in [3.05, 3.63) is 17.7 Å². The van der Waals surface area contributed by atoms with Crippen LogP contribution in [0.3, 0.4) is 0 Å². The van der Waals surface area contributed by atoms with E-state index in [-0.39, 0.29) is 0 Å². The summed E-state index contributed by atoms with van der Waals surface area (Å²) in [5, 5.41) is 0. The Kier molecular flexibility index (Phi) is 1.20. The van der Waals surface area contributed by atoms with Gasteiger partial charge in [0.25, 0.3) is 0 Å². The number of nitrogens with zero attached hydrogens (tertiary/aromatic N) is 2. The van der Waals surface area contributed by atoms with Crippen molar-refractivity contribution in [1.29, 1.82) is 0 Å². The van der Waals surface area contributed by atoms with Gasteiger partial charge in [-0.15, -0.1) is 0 Å². The Labute approximate surface area is 84.3 Å². The van der Waals surface area contributed by atoms with Crippen LogP contribution >= 0.6 is 0 Å². The molecule has 0 aromatic carbocycles. The molecule has 0 radical (unpaired) electrons. The number of hydrogen-bond acceptors (Lipinski definition) is 1. The SMILES string of the molecule is Cc1cn2c(n1)[C@H]1CCC1C1CC[C@@H]12. The molecule has 2 saturated carbocycles. The highest BCUT2D eigenvalue weighted by Crippen LogP contribution is 2.60. The first-order chi connectivity index (χ1) is 6.84. The molecule has 2 heteroatoms. The molecule has 0 saturated heterocycles. The van der Waals surface area contributed by atoms with Gasteiger partial charge in [-0.1, -0.05) is 0 Å². The summed E-state index contributed by atoms with van der Waals surface area (Å²) in [6, 6.07) is 0.827. The second-order valence-electron chi connectivity index (χ2n) is 5.30. The monoisotopic (exact) mass is 188 g/mol. The lowest BCUT2D eigenvalue weighted by molar-refractivity contribution is 0.00767. The number of rotatable bonds is 0. The van der Waals surface area contributed by atoms with Gasteiger partial charge < -0.3 is 4.57 Å². The summed E-state index contributed by atoms with van der Waals surface area (Å²) in [5.74, 6) is 4.25. The molecule has 2 nitrogen and oxygen atoms in total. The maximum atomic E-state index is 4.72. The summed E-state index contributed by atoms with van der Waals surface area (Å²) in [4.78, 5) is 4.72. The van der Waals surface area contributed by atoms with Crippen LogP contribution in [0.1, 0.15) is 49.2 Å². The average Bonchev–Trinajstić information content (AvgIpc) is 2.37.